The Morgan fingerprint density at radius 2 is 1.54 bits per heavy atom. The largest absolute Gasteiger partial charge is 0.325 e. The van der Waals surface area contributed by atoms with Crippen LogP contribution in [0.25, 0.3) is 0 Å². The summed E-state index contributed by atoms with van der Waals surface area (Å²) in [7, 11) is 0. The molecule has 0 atom stereocenters. The molecule has 0 aliphatic rings. The van der Waals surface area contributed by atoms with Crippen LogP contribution in [0.15, 0.2) is 59.3 Å². The number of hydrogen-bond donors (Lipinski definition) is 1. The highest BCUT2D eigenvalue weighted by atomic mass is 32.1. The summed E-state index contributed by atoms with van der Waals surface area (Å²) in [4.78, 5) is 16.9. The minimum atomic E-state index is -0.315. The number of anilines is 1. The molecule has 0 unspecified atom stereocenters. The second-order valence-electron chi connectivity index (χ2n) is 5.36. The number of rotatable bonds is 7. The molecule has 0 spiro atoms. The van der Waals surface area contributed by atoms with E-state index in [0.717, 1.165) is 13.1 Å². The predicted octanol–water partition coefficient (Wildman–Crippen LogP) is 4.59. The van der Waals surface area contributed by atoms with Gasteiger partial charge in [0.05, 0.1) is 6.54 Å². The lowest BCUT2D eigenvalue weighted by molar-refractivity contribution is -0.117. The first-order valence-corrected chi connectivity index (χ1v) is 9.27. The third-order valence-electron chi connectivity index (χ3n) is 3.41. The lowest BCUT2D eigenvalue weighted by Crippen LogP contribution is -2.32. The van der Waals surface area contributed by atoms with Gasteiger partial charge in [-0.1, -0.05) is 12.1 Å². The van der Waals surface area contributed by atoms with Gasteiger partial charge < -0.3 is 5.32 Å². The van der Waals surface area contributed by atoms with E-state index in [-0.39, 0.29) is 18.3 Å². The molecule has 0 saturated heterocycles. The third kappa shape index (κ3) is 4.99. The van der Waals surface area contributed by atoms with Gasteiger partial charge >= 0.3 is 0 Å². The van der Waals surface area contributed by atoms with Crippen LogP contribution in [0.3, 0.4) is 0 Å². The molecule has 0 fully saturated rings. The Balaban J connectivity index is 1.63. The van der Waals surface area contributed by atoms with Gasteiger partial charge in [-0.05, 0) is 47.2 Å². The Labute approximate surface area is 148 Å². The molecular weight excluding hydrogens is 343 g/mol. The van der Waals surface area contributed by atoms with E-state index in [1.807, 2.05) is 22.9 Å². The number of carbonyl (C=O) groups excluding carboxylic acids is 1. The van der Waals surface area contributed by atoms with Crippen molar-refractivity contribution in [3.05, 3.63) is 74.9 Å². The van der Waals surface area contributed by atoms with Crippen LogP contribution in [-0.4, -0.2) is 17.4 Å². The third-order valence-corrected chi connectivity index (χ3v) is 5.14. The van der Waals surface area contributed by atoms with Gasteiger partial charge in [-0.15, -0.1) is 22.7 Å². The van der Waals surface area contributed by atoms with Crippen molar-refractivity contribution in [1.82, 2.24) is 4.90 Å². The Kier molecular flexibility index (Phi) is 5.74. The zero-order valence-electron chi connectivity index (χ0n) is 12.9. The highest BCUT2D eigenvalue weighted by Gasteiger charge is 2.13. The van der Waals surface area contributed by atoms with Crippen molar-refractivity contribution in [2.75, 3.05) is 11.9 Å². The number of nitrogens with one attached hydrogen (secondary N) is 1. The molecule has 0 saturated carbocycles. The molecule has 2 aromatic heterocycles. The molecule has 124 valence electrons. The number of nitrogens with zero attached hydrogens (tertiary/aromatic N) is 1. The van der Waals surface area contributed by atoms with E-state index >= 15 is 0 Å². The fraction of sp³-hybridized carbons (Fsp3) is 0.167. The zero-order chi connectivity index (χ0) is 16.8. The summed E-state index contributed by atoms with van der Waals surface area (Å²) in [5.41, 5.74) is 0.605. The van der Waals surface area contributed by atoms with Crippen molar-refractivity contribution in [2.45, 2.75) is 13.1 Å². The Hall–Kier alpha value is -2.02. The topological polar surface area (TPSA) is 32.3 Å². The van der Waals surface area contributed by atoms with Gasteiger partial charge in [0.2, 0.25) is 5.91 Å². The van der Waals surface area contributed by atoms with E-state index in [1.54, 1.807) is 34.8 Å². The highest BCUT2D eigenvalue weighted by Crippen LogP contribution is 2.17. The van der Waals surface area contributed by atoms with Crippen molar-refractivity contribution >= 4 is 34.3 Å². The first-order chi connectivity index (χ1) is 11.7. The van der Waals surface area contributed by atoms with Gasteiger partial charge in [-0.2, -0.15) is 0 Å². The maximum Gasteiger partial charge on any atom is 0.238 e. The van der Waals surface area contributed by atoms with Crippen LogP contribution in [0.5, 0.6) is 0 Å². The van der Waals surface area contributed by atoms with Crippen molar-refractivity contribution in [3.8, 4) is 0 Å². The molecule has 0 aliphatic heterocycles. The molecule has 0 radical (unpaired) electrons. The Bertz CT molecular complexity index is 719. The Morgan fingerprint density at radius 3 is 2.04 bits per heavy atom. The Morgan fingerprint density at radius 1 is 0.958 bits per heavy atom. The van der Waals surface area contributed by atoms with E-state index in [2.05, 4.69) is 22.3 Å². The summed E-state index contributed by atoms with van der Waals surface area (Å²) in [5, 5.41) is 6.90. The number of halogens is 1. The number of thiophene rings is 2. The van der Waals surface area contributed by atoms with Crippen LogP contribution in [-0.2, 0) is 17.9 Å². The van der Waals surface area contributed by atoms with Gasteiger partial charge in [-0.25, -0.2) is 4.39 Å². The van der Waals surface area contributed by atoms with Crippen LogP contribution >= 0.6 is 22.7 Å². The summed E-state index contributed by atoms with van der Waals surface area (Å²) in [6.07, 6.45) is 0. The van der Waals surface area contributed by atoms with E-state index in [1.165, 1.54) is 21.9 Å². The molecule has 24 heavy (non-hydrogen) atoms. The fourth-order valence-corrected chi connectivity index (χ4v) is 3.84. The van der Waals surface area contributed by atoms with E-state index in [4.69, 9.17) is 0 Å². The molecule has 3 aromatic rings. The zero-order valence-corrected chi connectivity index (χ0v) is 14.6. The minimum absolute atomic E-state index is 0.102. The number of amides is 1. The average molecular weight is 360 g/mol. The van der Waals surface area contributed by atoms with Crippen LogP contribution in [0.2, 0.25) is 0 Å². The molecule has 1 amide bonds. The van der Waals surface area contributed by atoms with Crippen LogP contribution in [0, 0.1) is 5.82 Å². The molecule has 0 aliphatic carbocycles. The number of benzene rings is 1. The quantitative estimate of drug-likeness (QED) is 0.668. The second kappa shape index (κ2) is 8.19. The summed E-state index contributed by atoms with van der Waals surface area (Å²) >= 11 is 3.37. The van der Waals surface area contributed by atoms with E-state index in [9.17, 15) is 9.18 Å². The SMILES string of the molecule is O=C(CN(Cc1cccs1)Cc1cccs1)Nc1ccc(F)cc1. The van der Waals surface area contributed by atoms with Gasteiger partial charge in [0.25, 0.3) is 0 Å². The molecular formula is C18H17FN2OS2. The molecule has 1 N–H and O–H groups in total. The number of carbonyl (C=O) groups is 1. The molecule has 0 bridgehead atoms. The average Bonchev–Trinajstić information content (AvgIpc) is 3.23. The van der Waals surface area contributed by atoms with Gasteiger partial charge in [0.15, 0.2) is 0 Å². The second-order valence-corrected chi connectivity index (χ2v) is 7.42. The predicted molar refractivity (Wildman–Crippen MR) is 97.8 cm³/mol. The molecule has 3 rings (SSSR count). The molecule has 3 nitrogen and oxygen atoms in total. The summed E-state index contributed by atoms with van der Waals surface area (Å²) in [5.74, 6) is -0.417. The smallest absolute Gasteiger partial charge is 0.238 e. The van der Waals surface area contributed by atoms with Gasteiger partial charge in [-0.3, -0.25) is 9.69 Å². The van der Waals surface area contributed by atoms with Crippen LogP contribution in [0.4, 0.5) is 10.1 Å². The lowest BCUT2D eigenvalue weighted by Gasteiger charge is -2.20. The lowest BCUT2D eigenvalue weighted by atomic mass is 10.3. The van der Waals surface area contributed by atoms with Crippen LogP contribution in [0.1, 0.15) is 9.75 Å². The molecule has 1 aromatic carbocycles. The van der Waals surface area contributed by atoms with Gasteiger partial charge in [0, 0.05) is 28.5 Å². The first-order valence-electron chi connectivity index (χ1n) is 7.51. The van der Waals surface area contributed by atoms with Crippen LogP contribution < -0.4 is 5.32 Å². The maximum absolute atomic E-state index is 12.9. The standard InChI is InChI=1S/C18H17FN2OS2/c19-14-5-7-15(8-6-14)20-18(22)13-21(11-16-3-1-9-23-16)12-17-4-2-10-24-17/h1-10H,11-13H2,(H,20,22). The monoisotopic (exact) mass is 360 g/mol. The van der Waals surface area contributed by atoms with Crippen molar-refractivity contribution < 1.29 is 9.18 Å². The summed E-state index contributed by atoms with van der Waals surface area (Å²) < 4.78 is 12.9. The molecule has 2 heterocycles. The first kappa shape index (κ1) is 16.8. The van der Waals surface area contributed by atoms with Crippen molar-refractivity contribution in [1.29, 1.82) is 0 Å². The normalized spacial score (nSPS) is 10.9. The summed E-state index contributed by atoms with van der Waals surface area (Å²) in [6.45, 7) is 1.74. The number of hydrogen-bond acceptors (Lipinski definition) is 4. The highest BCUT2D eigenvalue weighted by molar-refractivity contribution is 7.10. The van der Waals surface area contributed by atoms with Crippen molar-refractivity contribution in [3.63, 3.8) is 0 Å². The van der Waals surface area contributed by atoms with Gasteiger partial charge in [0.1, 0.15) is 5.82 Å². The fourth-order valence-electron chi connectivity index (χ4n) is 2.35. The van der Waals surface area contributed by atoms with E-state index < -0.39 is 0 Å². The molecule has 6 heteroatoms. The maximum atomic E-state index is 12.9. The van der Waals surface area contributed by atoms with E-state index in [0.29, 0.717) is 5.69 Å². The minimum Gasteiger partial charge on any atom is -0.325 e. The summed E-state index contributed by atoms with van der Waals surface area (Å²) in [6, 6.07) is 14.0. The van der Waals surface area contributed by atoms with Crippen molar-refractivity contribution in [2.24, 2.45) is 0 Å².